The number of urea groups is 1. The summed E-state index contributed by atoms with van der Waals surface area (Å²) < 4.78 is 10.4. The lowest BCUT2D eigenvalue weighted by Crippen LogP contribution is -2.31. The maximum absolute atomic E-state index is 12.1. The normalized spacial score (nSPS) is 11.5. The van der Waals surface area contributed by atoms with Crippen molar-refractivity contribution in [1.29, 1.82) is 0 Å². The summed E-state index contributed by atoms with van der Waals surface area (Å²) in [4.78, 5) is 12.1. The number of benzene rings is 2. The fourth-order valence-corrected chi connectivity index (χ4v) is 2.34. The van der Waals surface area contributed by atoms with Crippen molar-refractivity contribution in [3.8, 4) is 11.5 Å². The molecule has 0 fully saturated rings. The largest absolute Gasteiger partial charge is 0.493 e. The molecular formula is C17H19ClN2O3. The smallest absolute Gasteiger partial charge is 0.319 e. The van der Waals surface area contributed by atoms with Crippen LogP contribution in [-0.2, 0) is 0 Å². The Hall–Kier alpha value is -2.40. The van der Waals surface area contributed by atoms with Gasteiger partial charge >= 0.3 is 6.03 Å². The van der Waals surface area contributed by atoms with Crippen molar-refractivity contribution in [2.45, 2.75) is 13.0 Å². The lowest BCUT2D eigenvalue weighted by molar-refractivity contribution is 0.249. The predicted octanol–water partition coefficient (Wildman–Crippen LogP) is 4.24. The van der Waals surface area contributed by atoms with Crippen molar-refractivity contribution in [2.75, 3.05) is 19.5 Å². The van der Waals surface area contributed by atoms with Crippen molar-refractivity contribution in [2.24, 2.45) is 0 Å². The number of carbonyl (C=O) groups is 1. The monoisotopic (exact) mass is 334 g/mol. The molecule has 5 nitrogen and oxygen atoms in total. The van der Waals surface area contributed by atoms with Crippen LogP contribution in [0.2, 0.25) is 5.02 Å². The Kier molecular flexibility index (Phi) is 5.71. The molecule has 2 aromatic rings. The summed E-state index contributed by atoms with van der Waals surface area (Å²) >= 11 is 5.96. The van der Waals surface area contributed by atoms with E-state index in [1.807, 2.05) is 25.1 Å². The topological polar surface area (TPSA) is 59.6 Å². The number of hydrogen-bond donors (Lipinski definition) is 2. The van der Waals surface area contributed by atoms with E-state index in [2.05, 4.69) is 10.6 Å². The highest BCUT2D eigenvalue weighted by molar-refractivity contribution is 6.30. The van der Waals surface area contributed by atoms with Crippen LogP contribution in [0.4, 0.5) is 10.5 Å². The number of halogens is 1. The number of carbonyl (C=O) groups excluding carboxylic acids is 1. The lowest BCUT2D eigenvalue weighted by Gasteiger charge is -2.16. The Balaban J connectivity index is 2.02. The van der Waals surface area contributed by atoms with E-state index in [1.165, 1.54) is 0 Å². The molecule has 0 saturated heterocycles. The van der Waals surface area contributed by atoms with E-state index in [-0.39, 0.29) is 12.1 Å². The summed E-state index contributed by atoms with van der Waals surface area (Å²) in [5.74, 6) is 1.15. The Labute approximate surface area is 140 Å². The first kappa shape index (κ1) is 17.0. The van der Waals surface area contributed by atoms with Crippen molar-refractivity contribution in [3.05, 3.63) is 53.1 Å². The lowest BCUT2D eigenvalue weighted by atomic mass is 10.1. The number of nitrogens with one attached hydrogen (secondary N) is 2. The van der Waals surface area contributed by atoms with Gasteiger partial charge in [-0.05, 0) is 36.8 Å². The molecule has 2 rings (SSSR count). The van der Waals surface area contributed by atoms with Crippen molar-refractivity contribution >= 4 is 23.3 Å². The van der Waals surface area contributed by atoms with E-state index in [9.17, 15) is 4.79 Å². The van der Waals surface area contributed by atoms with Gasteiger partial charge < -0.3 is 20.1 Å². The number of anilines is 1. The van der Waals surface area contributed by atoms with Gasteiger partial charge in [0.05, 0.1) is 20.3 Å². The van der Waals surface area contributed by atoms with E-state index in [0.717, 1.165) is 5.56 Å². The third kappa shape index (κ3) is 4.53. The molecule has 0 bridgehead atoms. The van der Waals surface area contributed by atoms with Crippen molar-refractivity contribution < 1.29 is 14.3 Å². The zero-order chi connectivity index (χ0) is 16.8. The molecule has 0 heterocycles. The first-order chi connectivity index (χ1) is 11.0. The summed E-state index contributed by atoms with van der Waals surface area (Å²) in [6.07, 6.45) is 0. The van der Waals surface area contributed by atoms with Crippen molar-refractivity contribution in [1.82, 2.24) is 5.32 Å². The number of methoxy groups -OCH3 is 2. The molecule has 2 N–H and O–H groups in total. The molecule has 0 spiro atoms. The van der Waals surface area contributed by atoms with Gasteiger partial charge in [-0.3, -0.25) is 0 Å². The molecular weight excluding hydrogens is 316 g/mol. The zero-order valence-corrected chi connectivity index (χ0v) is 14.0. The number of amides is 2. The number of ether oxygens (including phenoxy) is 2. The Morgan fingerprint density at radius 2 is 1.83 bits per heavy atom. The molecule has 0 radical (unpaired) electrons. The van der Waals surface area contributed by atoms with Gasteiger partial charge in [-0.1, -0.05) is 23.7 Å². The molecule has 1 atom stereocenters. The molecule has 0 aliphatic heterocycles. The molecule has 1 unspecified atom stereocenters. The fraction of sp³-hybridized carbons (Fsp3) is 0.235. The minimum absolute atomic E-state index is 0.172. The maximum atomic E-state index is 12.1. The number of hydrogen-bond acceptors (Lipinski definition) is 3. The van der Waals surface area contributed by atoms with Gasteiger partial charge in [-0.2, -0.15) is 0 Å². The van der Waals surface area contributed by atoms with Gasteiger partial charge in [0.1, 0.15) is 0 Å². The second kappa shape index (κ2) is 7.74. The third-order valence-corrected chi connectivity index (χ3v) is 3.57. The maximum Gasteiger partial charge on any atom is 0.319 e. The summed E-state index contributed by atoms with van der Waals surface area (Å²) in [6.45, 7) is 1.89. The third-order valence-electron chi connectivity index (χ3n) is 3.34. The minimum Gasteiger partial charge on any atom is -0.493 e. The molecule has 2 aromatic carbocycles. The summed E-state index contributed by atoms with van der Waals surface area (Å²) in [7, 11) is 3.10. The van der Waals surface area contributed by atoms with Crippen molar-refractivity contribution in [3.63, 3.8) is 0 Å². The van der Waals surface area contributed by atoms with Crippen LogP contribution in [0.25, 0.3) is 0 Å². The Morgan fingerprint density at radius 3 is 2.48 bits per heavy atom. The molecule has 0 saturated carbocycles. The average Bonchev–Trinajstić information content (AvgIpc) is 2.54. The molecule has 6 heteroatoms. The van der Waals surface area contributed by atoms with Crippen LogP contribution in [0.1, 0.15) is 18.5 Å². The van der Waals surface area contributed by atoms with Gasteiger partial charge in [0.2, 0.25) is 0 Å². The van der Waals surface area contributed by atoms with E-state index in [0.29, 0.717) is 22.2 Å². The Bertz CT molecular complexity index is 691. The molecule has 23 heavy (non-hydrogen) atoms. The highest BCUT2D eigenvalue weighted by atomic mass is 35.5. The molecule has 0 aliphatic rings. The predicted molar refractivity (Wildman–Crippen MR) is 91.6 cm³/mol. The van der Waals surface area contributed by atoms with Crippen LogP contribution in [0.3, 0.4) is 0 Å². The van der Waals surface area contributed by atoms with Gasteiger partial charge in [-0.15, -0.1) is 0 Å². The minimum atomic E-state index is -0.315. The first-order valence-corrected chi connectivity index (χ1v) is 7.46. The van der Waals surface area contributed by atoms with Crippen LogP contribution in [0.15, 0.2) is 42.5 Å². The van der Waals surface area contributed by atoms with E-state index < -0.39 is 0 Å². The summed E-state index contributed by atoms with van der Waals surface area (Å²) in [5, 5.41) is 6.26. The van der Waals surface area contributed by atoms with Crippen LogP contribution in [0.5, 0.6) is 11.5 Å². The SMILES string of the molecule is COc1ccc(NC(=O)NC(C)c2cccc(Cl)c2)cc1OC. The second-order valence-electron chi connectivity index (χ2n) is 4.94. The second-order valence-corrected chi connectivity index (χ2v) is 5.38. The van der Waals surface area contributed by atoms with Crippen LogP contribution in [0, 0.1) is 0 Å². The van der Waals surface area contributed by atoms with E-state index >= 15 is 0 Å². The van der Waals surface area contributed by atoms with Gasteiger partial charge in [0, 0.05) is 16.8 Å². The fourth-order valence-electron chi connectivity index (χ4n) is 2.14. The summed E-state index contributed by atoms with van der Waals surface area (Å²) in [5.41, 5.74) is 1.54. The zero-order valence-electron chi connectivity index (χ0n) is 13.2. The Morgan fingerprint density at radius 1 is 1.09 bits per heavy atom. The molecule has 0 aliphatic carbocycles. The van der Waals surface area contributed by atoms with Crippen LogP contribution >= 0.6 is 11.6 Å². The molecule has 2 amide bonds. The van der Waals surface area contributed by atoms with E-state index in [4.69, 9.17) is 21.1 Å². The highest BCUT2D eigenvalue weighted by Crippen LogP contribution is 2.29. The van der Waals surface area contributed by atoms with Gasteiger partial charge in [-0.25, -0.2) is 4.79 Å². The van der Waals surface area contributed by atoms with Gasteiger partial charge in [0.25, 0.3) is 0 Å². The average molecular weight is 335 g/mol. The summed E-state index contributed by atoms with van der Waals surface area (Å²) in [6, 6.07) is 12.1. The quantitative estimate of drug-likeness (QED) is 0.859. The number of rotatable bonds is 5. The van der Waals surface area contributed by atoms with E-state index in [1.54, 1.807) is 38.5 Å². The highest BCUT2D eigenvalue weighted by Gasteiger charge is 2.11. The molecule has 0 aromatic heterocycles. The van der Waals surface area contributed by atoms with Crippen LogP contribution < -0.4 is 20.1 Å². The van der Waals surface area contributed by atoms with Crippen LogP contribution in [-0.4, -0.2) is 20.3 Å². The standard InChI is InChI=1S/C17H19ClN2O3/c1-11(12-5-4-6-13(18)9-12)19-17(21)20-14-7-8-15(22-2)16(10-14)23-3/h4-11H,1-3H3,(H2,19,20,21). The first-order valence-electron chi connectivity index (χ1n) is 7.08. The van der Waals surface area contributed by atoms with Gasteiger partial charge in [0.15, 0.2) is 11.5 Å². The molecule has 122 valence electrons.